The minimum atomic E-state index is -1.56. The first-order chi connectivity index (χ1) is 13.6. The number of nitrogens with one attached hydrogen (secondary N) is 4. The Morgan fingerprint density at radius 3 is 2.24 bits per heavy atom. The number of carboxylic acid groups (broad SMARTS) is 2. The van der Waals surface area contributed by atoms with Crippen molar-refractivity contribution in [2.45, 2.75) is 31.0 Å². The van der Waals surface area contributed by atoms with Crippen LogP contribution in [0.15, 0.2) is 12.5 Å². The number of hydrogen-bond acceptors (Lipinski definition) is 8. The van der Waals surface area contributed by atoms with Crippen LogP contribution in [-0.2, 0) is 30.4 Å². The number of aromatic amines is 1. The first kappa shape index (κ1) is 23.9. The molecule has 0 aliphatic rings. The molecule has 14 heteroatoms. The number of nitrogens with zero attached hydrogens (tertiary/aromatic N) is 1. The summed E-state index contributed by atoms with van der Waals surface area (Å²) < 4.78 is 0. The SMILES string of the molecule is NC(CS)C(=O)NC(Cc1cnc[nH]1)C(=O)NC(CC(=O)O)C(=O)NCC(=O)O. The topological polar surface area (TPSA) is 217 Å². The number of nitrogens with two attached hydrogens (primary N) is 1. The van der Waals surface area contributed by atoms with Gasteiger partial charge in [0.05, 0.1) is 18.8 Å². The van der Waals surface area contributed by atoms with Gasteiger partial charge in [-0.2, -0.15) is 12.6 Å². The third-order valence-corrected chi connectivity index (χ3v) is 3.96. The summed E-state index contributed by atoms with van der Waals surface area (Å²) in [5.41, 5.74) is 6.07. The van der Waals surface area contributed by atoms with E-state index in [4.69, 9.17) is 15.9 Å². The summed E-state index contributed by atoms with van der Waals surface area (Å²) in [6.45, 7) is -0.754. The first-order valence-electron chi connectivity index (χ1n) is 8.29. The number of amides is 3. The first-order valence-corrected chi connectivity index (χ1v) is 8.93. The molecule has 0 saturated carbocycles. The van der Waals surface area contributed by atoms with Crippen molar-refractivity contribution in [3.8, 4) is 0 Å². The molecule has 1 rings (SSSR count). The molecule has 0 radical (unpaired) electrons. The van der Waals surface area contributed by atoms with Gasteiger partial charge in [-0.25, -0.2) is 4.98 Å². The standard InChI is InChI=1S/C15H22N6O7S/c16-8(5-29)13(26)20-9(1-7-3-17-6-19-7)15(28)21-10(2-11(22)23)14(27)18-4-12(24)25/h3,6,8-10,29H,1-2,4-5,16H2,(H,17,19)(H,18,27)(H,20,26)(H,21,28)(H,22,23)(H,24,25). The van der Waals surface area contributed by atoms with E-state index >= 15 is 0 Å². The van der Waals surface area contributed by atoms with E-state index in [1.54, 1.807) is 0 Å². The molecule has 1 aromatic rings. The van der Waals surface area contributed by atoms with E-state index in [-0.39, 0.29) is 12.2 Å². The van der Waals surface area contributed by atoms with Gasteiger partial charge in [0.2, 0.25) is 17.7 Å². The summed E-state index contributed by atoms with van der Waals surface area (Å²) in [5, 5.41) is 24.2. The van der Waals surface area contributed by atoms with Crippen LogP contribution in [0.25, 0.3) is 0 Å². The molecular formula is C15H22N6O7S. The number of hydrogen-bond donors (Lipinski definition) is 8. The number of imidazole rings is 1. The molecule has 160 valence electrons. The molecule has 13 nitrogen and oxygen atoms in total. The molecule has 0 aromatic carbocycles. The average molecular weight is 430 g/mol. The smallest absolute Gasteiger partial charge is 0.322 e. The highest BCUT2D eigenvalue weighted by Gasteiger charge is 2.29. The van der Waals surface area contributed by atoms with Crippen molar-refractivity contribution in [3.05, 3.63) is 18.2 Å². The monoisotopic (exact) mass is 430 g/mol. The average Bonchev–Trinajstić information content (AvgIpc) is 3.16. The molecular weight excluding hydrogens is 408 g/mol. The van der Waals surface area contributed by atoms with E-state index in [0.29, 0.717) is 5.69 Å². The highest BCUT2D eigenvalue weighted by molar-refractivity contribution is 7.80. The van der Waals surface area contributed by atoms with E-state index in [0.717, 1.165) is 0 Å². The lowest BCUT2D eigenvalue weighted by Crippen LogP contribution is -2.57. The molecule has 0 bridgehead atoms. The van der Waals surface area contributed by atoms with Gasteiger partial charge in [0.1, 0.15) is 18.6 Å². The maximum absolute atomic E-state index is 12.6. The zero-order valence-corrected chi connectivity index (χ0v) is 16.0. The predicted molar refractivity (Wildman–Crippen MR) is 101 cm³/mol. The fraction of sp³-hybridized carbons (Fsp3) is 0.467. The number of H-pyrrole nitrogens is 1. The van der Waals surface area contributed by atoms with E-state index < -0.39 is 60.8 Å². The van der Waals surface area contributed by atoms with Crippen LogP contribution >= 0.6 is 12.6 Å². The quantitative estimate of drug-likeness (QED) is 0.157. The summed E-state index contributed by atoms with van der Waals surface area (Å²) in [6.07, 6.45) is 1.93. The second kappa shape index (κ2) is 11.7. The fourth-order valence-electron chi connectivity index (χ4n) is 2.13. The van der Waals surface area contributed by atoms with Gasteiger partial charge in [0, 0.05) is 24.1 Å². The number of aliphatic carboxylic acids is 2. The van der Waals surface area contributed by atoms with E-state index in [1.807, 2.05) is 5.32 Å². The third kappa shape index (κ3) is 8.61. The highest BCUT2D eigenvalue weighted by atomic mass is 32.1. The summed E-state index contributed by atoms with van der Waals surface area (Å²) >= 11 is 3.91. The summed E-state index contributed by atoms with van der Waals surface area (Å²) in [7, 11) is 0. The molecule has 3 unspecified atom stereocenters. The Bertz CT molecular complexity index is 742. The Labute approximate surface area is 170 Å². The van der Waals surface area contributed by atoms with Crippen LogP contribution in [0.2, 0.25) is 0 Å². The number of carboxylic acids is 2. The molecule has 0 fully saturated rings. The van der Waals surface area contributed by atoms with Crippen LogP contribution in [0.3, 0.4) is 0 Å². The molecule has 0 spiro atoms. The van der Waals surface area contributed by atoms with Gasteiger partial charge in [-0.1, -0.05) is 0 Å². The second-order valence-electron chi connectivity index (χ2n) is 5.90. The lowest BCUT2D eigenvalue weighted by atomic mass is 10.1. The third-order valence-electron chi connectivity index (χ3n) is 3.57. The maximum Gasteiger partial charge on any atom is 0.322 e. The minimum Gasteiger partial charge on any atom is -0.481 e. The van der Waals surface area contributed by atoms with Crippen LogP contribution in [-0.4, -0.2) is 80.3 Å². The zero-order valence-electron chi connectivity index (χ0n) is 15.1. The van der Waals surface area contributed by atoms with E-state index in [1.165, 1.54) is 12.5 Å². The van der Waals surface area contributed by atoms with Gasteiger partial charge < -0.3 is 36.9 Å². The molecule has 0 saturated heterocycles. The van der Waals surface area contributed by atoms with Crippen LogP contribution in [0, 0.1) is 0 Å². The maximum atomic E-state index is 12.6. The van der Waals surface area contributed by atoms with Crippen molar-refractivity contribution in [2.24, 2.45) is 5.73 Å². The normalized spacial score (nSPS) is 13.6. The highest BCUT2D eigenvalue weighted by Crippen LogP contribution is 2.02. The van der Waals surface area contributed by atoms with E-state index in [2.05, 4.69) is 33.2 Å². The Morgan fingerprint density at radius 1 is 1.07 bits per heavy atom. The van der Waals surface area contributed by atoms with Crippen molar-refractivity contribution >= 4 is 42.3 Å². The summed E-state index contributed by atoms with van der Waals surface area (Å²) in [4.78, 5) is 64.9. The Morgan fingerprint density at radius 2 is 1.72 bits per heavy atom. The van der Waals surface area contributed by atoms with Gasteiger partial charge in [-0.15, -0.1) is 0 Å². The molecule has 0 aliphatic carbocycles. The van der Waals surface area contributed by atoms with Crippen molar-refractivity contribution in [1.29, 1.82) is 0 Å². The number of rotatable bonds is 12. The van der Waals surface area contributed by atoms with Crippen molar-refractivity contribution in [2.75, 3.05) is 12.3 Å². The van der Waals surface area contributed by atoms with Gasteiger partial charge in [-0.05, 0) is 0 Å². The minimum absolute atomic E-state index is 0.0173. The van der Waals surface area contributed by atoms with Crippen LogP contribution < -0.4 is 21.7 Å². The van der Waals surface area contributed by atoms with Crippen LogP contribution in [0.1, 0.15) is 12.1 Å². The summed E-state index contributed by atoms with van der Waals surface area (Å²) in [6, 6.07) is -3.76. The summed E-state index contributed by atoms with van der Waals surface area (Å²) in [5.74, 6) is -5.26. The van der Waals surface area contributed by atoms with Crippen molar-refractivity contribution in [3.63, 3.8) is 0 Å². The van der Waals surface area contributed by atoms with Gasteiger partial charge in [0.25, 0.3) is 0 Å². The van der Waals surface area contributed by atoms with Gasteiger partial charge in [-0.3, -0.25) is 24.0 Å². The fourth-order valence-corrected chi connectivity index (χ4v) is 2.30. The van der Waals surface area contributed by atoms with Crippen LogP contribution in [0.5, 0.6) is 0 Å². The van der Waals surface area contributed by atoms with Gasteiger partial charge in [0.15, 0.2) is 0 Å². The lowest BCUT2D eigenvalue weighted by molar-refractivity contribution is -0.141. The number of thiol groups is 1. The van der Waals surface area contributed by atoms with Crippen LogP contribution in [0.4, 0.5) is 0 Å². The van der Waals surface area contributed by atoms with Crippen molar-refractivity contribution in [1.82, 2.24) is 25.9 Å². The predicted octanol–water partition coefficient (Wildman–Crippen LogP) is -3.15. The Kier molecular flexibility index (Phi) is 9.61. The molecule has 1 aromatic heterocycles. The van der Waals surface area contributed by atoms with E-state index in [9.17, 15) is 24.0 Å². The Hall–Kier alpha value is -3.13. The molecule has 1 heterocycles. The second-order valence-corrected chi connectivity index (χ2v) is 6.27. The van der Waals surface area contributed by atoms with Crippen molar-refractivity contribution < 1.29 is 34.2 Å². The van der Waals surface area contributed by atoms with Gasteiger partial charge >= 0.3 is 11.9 Å². The molecule has 3 atom stereocenters. The molecule has 8 N–H and O–H groups in total. The Balaban J connectivity index is 2.94. The number of aromatic nitrogens is 2. The molecule has 29 heavy (non-hydrogen) atoms. The number of carbonyl (C=O) groups is 5. The largest absolute Gasteiger partial charge is 0.481 e. The zero-order chi connectivity index (χ0) is 22.0. The molecule has 3 amide bonds. The molecule has 0 aliphatic heterocycles. The number of carbonyl (C=O) groups excluding carboxylic acids is 3. The lowest BCUT2D eigenvalue weighted by Gasteiger charge is -2.23.